The molecule has 2 saturated carbocycles. The monoisotopic (exact) mass is 368 g/mol. The summed E-state index contributed by atoms with van der Waals surface area (Å²) >= 11 is 0. The molecule has 2 fully saturated rings. The molecule has 6 nitrogen and oxygen atoms in total. The Kier molecular flexibility index (Phi) is 7.65. The lowest BCUT2D eigenvalue weighted by atomic mass is 9.60. The van der Waals surface area contributed by atoms with Gasteiger partial charge in [0.05, 0.1) is 12.2 Å². The van der Waals surface area contributed by atoms with E-state index in [1.807, 2.05) is 0 Å². The summed E-state index contributed by atoms with van der Waals surface area (Å²) in [6.07, 6.45) is 7.81. The van der Waals surface area contributed by atoms with Crippen LogP contribution in [0.4, 0.5) is 0 Å². The number of rotatable bonds is 6. The molecule has 0 heterocycles. The summed E-state index contributed by atoms with van der Waals surface area (Å²) in [5.41, 5.74) is 0.238. The summed E-state index contributed by atoms with van der Waals surface area (Å²) in [5.74, 6) is 1.25. The van der Waals surface area contributed by atoms with E-state index in [1.54, 1.807) is 0 Å². The smallest absolute Gasteiger partial charge is 0.327 e. The predicted octanol–water partition coefficient (Wildman–Crippen LogP) is 3.59. The van der Waals surface area contributed by atoms with Crippen LogP contribution in [0.5, 0.6) is 0 Å². The normalized spacial score (nSPS) is 33.4. The van der Waals surface area contributed by atoms with Gasteiger partial charge in [-0.25, -0.2) is 0 Å². The quantitative estimate of drug-likeness (QED) is 0.535. The van der Waals surface area contributed by atoms with Gasteiger partial charge in [0, 0.05) is 0 Å². The minimum absolute atomic E-state index is 0.0133. The van der Waals surface area contributed by atoms with Gasteiger partial charge in [-0.3, -0.25) is 0 Å². The number of hydrogen-bond acceptors (Lipinski definition) is 6. The van der Waals surface area contributed by atoms with Crippen LogP contribution in [-0.4, -0.2) is 31.8 Å². The molecule has 0 unspecified atom stereocenters. The molecule has 23 heavy (non-hydrogen) atoms. The van der Waals surface area contributed by atoms with Gasteiger partial charge in [-0.2, -0.15) is 0 Å². The van der Waals surface area contributed by atoms with E-state index in [9.17, 15) is 0 Å². The van der Waals surface area contributed by atoms with Crippen LogP contribution in [0.15, 0.2) is 0 Å². The highest BCUT2D eigenvalue weighted by Gasteiger charge is 2.41. The molecule has 0 aromatic carbocycles. The molecule has 4 N–H and O–H groups in total. The predicted molar refractivity (Wildman–Crippen MR) is 90.2 cm³/mol. The Morgan fingerprint density at radius 1 is 0.652 bits per heavy atom. The van der Waals surface area contributed by atoms with E-state index >= 15 is 0 Å². The first kappa shape index (κ1) is 19.9. The van der Waals surface area contributed by atoms with Gasteiger partial charge in [-0.1, -0.05) is 13.8 Å². The third kappa shape index (κ3) is 5.83. The zero-order valence-electron chi connectivity index (χ0n) is 14.0. The number of hydrogen-bond donors (Lipinski definition) is 4. The maximum atomic E-state index is 8.97. The van der Waals surface area contributed by atoms with Gasteiger partial charge >= 0.3 is 17.2 Å². The average Bonchev–Trinajstić information content (AvgIpc) is 2.47. The summed E-state index contributed by atoms with van der Waals surface area (Å²) in [6, 6.07) is 0. The molecule has 0 bridgehead atoms. The largest absolute Gasteiger partial charge is 0.328 e. The Bertz CT molecular complexity index is 318. The van der Waals surface area contributed by atoms with Crippen molar-refractivity contribution in [3.63, 3.8) is 0 Å². The summed E-state index contributed by atoms with van der Waals surface area (Å²) < 4.78 is 10.3. The van der Waals surface area contributed by atoms with Crippen LogP contribution in [0.2, 0.25) is 0 Å². The molecule has 136 valence electrons. The summed E-state index contributed by atoms with van der Waals surface area (Å²) in [6.45, 7) is 4.70. The highest BCUT2D eigenvalue weighted by atomic mass is 31.2. The van der Waals surface area contributed by atoms with E-state index in [0.29, 0.717) is 11.8 Å². The highest BCUT2D eigenvalue weighted by molar-refractivity contribution is 7.39. The second-order valence-corrected chi connectivity index (χ2v) is 8.92. The van der Waals surface area contributed by atoms with Crippen LogP contribution in [0, 0.1) is 17.3 Å². The first-order valence-electron chi connectivity index (χ1n) is 8.48. The van der Waals surface area contributed by atoms with Gasteiger partial charge in [0.2, 0.25) is 0 Å². The second-order valence-electron chi connectivity index (χ2n) is 7.48. The minimum Gasteiger partial charge on any atom is -0.328 e. The minimum atomic E-state index is -2.24. The molecule has 0 spiro atoms. The van der Waals surface area contributed by atoms with Gasteiger partial charge in [0.25, 0.3) is 0 Å². The third-order valence-corrected chi connectivity index (χ3v) is 6.91. The third-order valence-electron chi connectivity index (χ3n) is 5.94. The fourth-order valence-corrected chi connectivity index (χ4v) is 5.38. The lowest BCUT2D eigenvalue weighted by Gasteiger charge is -2.46. The summed E-state index contributed by atoms with van der Waals surface area (Å²) in [4.78, 5) is 35.9. The molecule has 0 amide bonds. The van der Waals surface area contributed by atoms with Crippen molar-refractivity contribution in [3.8, 4) is 0 Å². The highest BCUT2D eigenvalue weighted by Crippen LogP contribution is 2.50. The Labute approximate surface area is 141 Å². The van der Waals surface area contributed by atoms with Crippen molar-refractivity contribution in [1.29, 1.82) is 0 Å². The lowest BCUT2D eigenvalue weighted by molar-refractivity contribution is 0.00790. The molecule has 0 atom stereocenters. The average molecular weight is 368 g/mol. The van der Waals surface area contributed by atoms with Gasteiger partial charge in [0.15, 0.2) is 0 Å². The zero-order chi connectivity index (χ0) is 17.0. The van der Waals surface area contributed by atoms with Crippen molar-refractivity contribution in [1.82, 2.24) is 0 Å². The van der Waals surface area contributed by atoms with Gasteiger partial charge in [-0.15, -0.1) is 0 Å². The van der Waals surface area contributed by atoms with Gasteiger partial charge < -0.3 is 28.6 Å². The molecule has 8 heteroatoms. The van der Waals surface area contributed by atoms with Crippen LogP contribution in [0.1, 0.15) is 65.2 Å². The Morgan fingerprint density at radius 3 is 1.22 bits per heavy atom. The second kappa shape index (κ2) is 8.82. The molecule has 0 saturated heterocycles. The molecule has 0 aromatic heterocycles. The maximum absolute atomic E-state index is 8.97. The van der Waals surface area contributed by atoms with Crippen molar-refractivity contribution >= 4 is 17.2 Å². The van der Waals surface area contributed by atoms with Gasteiger partial charge in [-0.05, 0) is 68.6 Å². The SMILES string of the molecule is CC(C)(C1CCC(OP(O)O)CC1)C1CCC(OP(O)O)CC1. The van der Waals surface area contributed by atoms with E-state index in [-0.39, 0.29) is 17.6 Å². The maximum Gasteiger partial charge on any atom is 0.327 e. The molecule has 2 aliphatic rings. The molecular formula is C15H30O6P2. The molecule has 0 aliphatic heterocycles. The van der Waals surface area contributed by atoms with E-state index in [1.165, 1.54) is 0 Å². The zero-order valence-corrected chi connectivity index (χ0v) is 15.8. The van der Waals surface area contributed by atoms with E-state index in [4.69, 9.17) is 28.6 Å². The topological polar surface area (TPSA) is 99.4 Å². The van der Waals surface area contributed by atoms with Crippen molar-refractivity contribution in [2.45, 2.75) is 77.4 Å². The molecule has 0 radical (unpaired) electrons. The van der Waals surface area contributed by atoms with Crippen molar-refractivity contribution in [3.05, 3.63) is 0 Å². The van der Waals surface area contributed by atoms with Crippen LogP contribution in [0.25, 0.3) is 0 Å². The Balaban J connectivity index is 1.81. The van der Waals surface area contributed by atoms with Crippen molar-refractivity contribution in [2.75, 3.05) is 0 Å². The molecule has 0 aromatic rings. The van der Waals surface area contributed by atoms with E-state index in [2.05, 4.69) is 13.8 Å². The summed E-state index contributed by atoms with van der Waals surface area (Å²) in [7, 11) is -4.49. The van der Waals surface area contributed by atoms with Crippen LogP contribution in [0.3, 0.4) is 0 Å². The first-order chi connectivity index (χ1) is 10.8. The first-order valence-corrected chi connectivity index (χ1v) is 10.8. The van der Waals surface area contributed by atoms with Gasteiger partial charge in [0.1, 0.15) is 0 Å². The van der Waals surface area contributed by atoms with E-state index in [0.717, 1.165) is 51.4 Å². The summed E-state index contributed by atoms with van der Waals surface area (Å²) in [5, 5.41) is 0. The van der Waals surface area contributed by atoms with E-state index < -0.39 is 17.2 Å². The van der Waals surface area contributed by atoms with Crippen LogP contribution < -0.4 is 0 Å². The van der Waals surface area contributed by atoms with Crippen molar-refractivity contribution in [2.24, 2.45) is 17.3 Å². The van der Waals surface area contributed by atoms with Crippen LogP contribution >= 0.6 is 17.2 Å². The van der Waals surface area contributed by atoms with Crippen LogP contribution in [-0.2, 0) is 9.05 Å². The Morgan fingerprint density at radius 2 is 0.957 bits per heavy atom. The fraction of sp³-hybridized carbons (Fsp3) is 1.00. The standard InChI is InChI=1S/C15H30O6P2/c1-15(2,11-3-7-13(8-4-11)20-22(16)17)12-5-9-14(10-6-12)21-23(18)19/h11-14,16-19H,3-10H2,1-2H3. The molecule has 2 rings (SSSR count). The fourth-order valence-electron chi connectivity index (χ4n) is 4.42. The van der Waals surface area contributed by atoms with Crippen molar-refractivity contribution < 1.29 is 28.6 Å². The Hall–Kier alpha value is 0.620. The molecular weight excluding hydrogens is 338 g/mol. The lowest BCUT2D eigenvalue weighted by Crippen LogP contribution is -2.38. The molecule has 2 aliphatic carbocycles.